The van der Waals surface area contributed by atoms with Gasteiger partial charge in [-0.15, -0.1) is 34.0 Å². The van der Waals surface area contributed by atoms with Crippen molar-refractivity contribution >= 4 is 172 Å². The van der Waals surface area contributed by atoms with Gasteiger partial charge in [0.15, 0.2) is 0 Å². The highest BCUT2D eigenvalue weighted by atomic mass is 32.1. The van der Waals surface area contributed by atoms with E-state index in [1.807, 2.05) is 0 Å². The van der Waals surface area contributed by atoms with Crippen LogP contribution < -0.4 is 0 Å². The zero-order chi connectivity index (χ0) is 92.3. The molecule has 3 heterocycles. The van der Waals surface area contributed by atoms with E-state index in [9.17, 15) is 0 Å². The first-order chi connectivity index (χ1) is 68.3. The van der Waals surface area contributed by atoms with E-state index >= 15 is 0 Å². The quantitative estimate of drug-likeness (QED) is 0.135. The fraction of sp³-hybridized carbons (Fsp3) is 0.0451. The molecule has 0 spiro atoms. The lowest BCUT2D eigenvalue weighted by atomic mass is 9.81. The third kappa shape index (κ3) is 13.8. The van der Waals surface area contributed by atoms with Gasteiger partial charge in [0.05, 0.1) is 30.6 Å². The molecule has 0 atom stereocenters. The van der Waals surface area contributed by atoms with Crippen LogP contribution in [0, 0.1) is 0 Å². The first-order valence-corrected chi connectivity index (χ1v) is 50.3. The van der Waals surface area contributed by atoms with Gasteiger partial charge in [-0.1, -0.05) is 410 Å². The van der Waals surface area contributed by atoms with Gasteiger partial charge in [-0.2, -0.15) is 0 Å². The predicted molar refractivity (Wildman–Crippen MR) is 598 cm³/mol. The average molecular weight is 1820 g/mol. The van der Waals surface area contributed by atoms with Crippen LogP contribution in [0.15, 0.2) is 455 Å². The monoisotopic (exact) mass is 1820 g/mol. The molecule has 0 unspecified atom stereocenters. The summed E-state index contributed by atoms with van der Waals surface area (Å²) in [6.45, 7) is 9.43. The van der Waals surface area contributed by atoms with Crippen molar-refractivity contribution in [1.82, 2.24) is 15.0 Å². The highest BCUT2D eigenvalue weighted by molar-refractivity contribution is 7.23. The van der Waals surface area contributed by atoms with Gasteiger partial charge in [0, 0.05) is 43.7 Å². The summed E-state index contributed by atoms with van der Waals surface area (Å²) in [5.74, 6) is 0. The van der Waals surface area contributed by atoms with Crippen LogP contribution in [0.25, 0.3) is 259 Å². The van der Waals surface area contributed by atoms with Crippen LogP contribution in [0.5, 0.6) is 0 Å². The van der Waals surface area contributed by atoms with Gasteiger partial charge >= 0.3 is 0 Å². The molecule has 3 nitrogen and oxygen atoms in total. The molecule has 652 valence electrons. The number of aromatic nitrogens is 3. The van der Waals surface area contributed by atoms with Crippen molar-refractivity contribution in [2.45, 2.75) is 38.5 Å². The molecule has 139 heavy (non-hydrogen) atoms. The molecule has 0 saturated carbocycles. The van der Waals surface area contributed by atoms with Gasteiger partial charge in [-0.05, 0) is 276 Å². The molecule has 0 bridgehead atoms. The molecule has 6 heteroatoms. The Hall–Kier alpha value is -16.5. The predicted octanol–water partition coefficient (Wildman–Crippen LogP) is 38.0. The van der Waals surface area contributed by atoms with Crippen molar-refractivity contribution in [3.8, 4) is 121 Å². The fourth-order valence-electron chi connectivity index (χ4n) is 22.5. The molecule has 2 aliphatic carbocycles. The molecule has 2 aliphatic rings. The van der Waals surface area contributed by atoms with Crippen molar-refractivity contribution in [3.63, 3.8) is 0 Å². The molecule has 27 aromatic rings. The lowest BCUT2D eigenvalue weighted by Crippen LogP contribution is -2.15. The molecule has 0 amide bonds. The van der Waals surface area contributed by atoms with E-state index < -0.39 is 0 Å². The second-order valence-corrected chi connectivity index (χ2v) is 41.3. The lowest BCUT2D eigenvalue weighted by molar-refractivity contribution is 0.660. The Kier molecular flexibility index (Phi) is 19.3. The standard InChI is InChI=1S/C46H31NS.C45H27NS.C42H29NS/c1-46(2)39-23-20-28-9-6-7-14-36(28)43(39)37-22-19-35(27-40(37)46)33-13-8-12-32(25-33)34-18-16-29-15-17-30-21-24-41-44(42(30)38(29)26-34)48-45(47-41)31-10-4-3-5-11-31;1-2-9-30(10-3-1)45-46-42-24-22-29-19-17-28-18-20-33(26-40(28)43(29)44(42)47-45)31-11-8-12-32(25-31)34-21-23-39-37-15-5-4-13-35(37)36-14-6-7-16-38(36)41(39)27-34;1-42(2)36-14-7-6-13-33(36)34-21-19-32(25-37(34)42)30-12-8-11-29(23-30)31-18-16-26-15-17-27-20-22-38-40(39(27)35(26)24-31)44-41(43-38)28-9-4-3-5-10-28/h3-27H,1-2H3;1-27H;3-25H,1-2H3. The van der Waals surface area contributed by atoms with Crippen LogP contribution in [-0.4, -0.2) is 15.0 Å². The molecule has 0 saturated heterocycles. The van der Waals surface area contributed by atoms with E-state index in [1.54, 1.807) is 34.0 Å². The van der Waals surface area contributed by atoms with Gasteiger partial charge in [-0.3, -0.25) is 0 Å². The summed E-state index contributed by atoms with van der Waals surface area (Å²) >= 11 is 5.37. The Balaban J connectivity index is 0.000000105. The number of hydrogen-bond donors (Lipinski definition) is 0. The van der Waals surface area contributed by atoms with Gasteiger partial charge in [-0.25, -0.2) is 15.0 Å². The summed E-state index contributed by atoms with van der Waals surface area (Å²) < 4.78 is 3.74. The minimum atomic E-state index is -0.0654. The Morgan fingerprint density at radius 2 is 0.439 bits per heavy atom. The largest absolute Gasteiger partial charge is 0.236 e. The van der Waals surface area contributed by atoms with Gasteiger partial charge in [0.25, 0.3) is 0 Å². The lowest BCUT2D eigenvalue weighted by Gasteiger charge is -2.22. The maximum Gasteiger partial charge on any atom is 0.124 e. The molecule has 0 aliphatic heterocycles. The van der Waals surface area contributed by atoms with E-state index in [1.165, 1.54) is 239 Å². The second-order valence-electron chi connectivity index (χ2n) is 38.3. The number of fused-ring (bicyclic) bond motifs is 29. The average Bonchev–Trinajstić information content (AvgIpc) is 1.57. The minimum Gasteiger partial charge on any atom is -0.236 e. The summed E-state index contributed by atoms with van der Waals surface area (Å²) in [6.07, 6.45) is 0. The minimum absolute atomic E-state index is 0.0126. The summed E-state index contributed by atoms with van der Waals surface area (Å²) in [5, 5.41) is 28.8. The number of thiazole rings is 3. The molecule has 24 aromatic carbocycles. The normalized spacial score (nSPS) is 12.9. The first-order valence-electron chi connectivity index (χ1n) is 47.9. The Morgan fingerprint density at radius 3 is 0.871 bits per heavy atom. The Bertz CT molecular complexity index is 9750. The maximum atomic E-state index is 5.05. The van der Waals surface area contributed by atoms with Crippen LogP contribution in [0.4, 0.5) is 0 Å². The SMILES string of the molecule is CC1(C)c2cc(-c3cccc(-c4ccc5ccc6ccc7nc(-c8ccccc8)sc7c6c5c4)c3)ccc2-c2c1ccc1ccccc21.CC1(C)c2ccccc2-c2ccc(-c3cccc(-c4ccc5ccc6ccc7nc(-c8ccccc8)sc7c6c5c4)c3)cc21.c1ccc(-c2nc3ccc4ccc5ccc(-c6cccc(-c7ccc8c9ccccc9c9ccccc9c8c7)c6)cc5c4c3s2)cc1. The van der Waals surface area contributed by atoms with Crippen molar-refractivity contribution in [2.24, 2.45) is 0 Å². The second kappa shape index (κ2) is 32.7. The molecular formula is C133H87N3S3. The third-order valence-corrected chi connectivity index (χ3v) is 33.0. The molecule has 0 N–H and O–H groups in total. The van der Waals surface area contributed by atoms with Crippen molar-refractivity contribution < 1.29 is 0 Å². The highest BCUT2D eigenvalue weighted by Gasteiger charge is 2.38. The fourth-order valence-corrected chi connectivity index (χ4v) is 25.9. The highest BCUT2D eigenvalue weighted by Crippen LogP contribution is 2.55. The Morgan fingerprint density at radius 1 is 0.165 bits per heavy atom. The van der Waals surface area contributed by atoms with Crippen LogP contribution in [0.2, 0.25) is 0 Å². The summed E-state index contributed by atoms with van der Waals surface area (Å²) in [6, 6.07) is 167. The molecule has 3 aromatic heterocycles. The van der Waals surface area contributed by atoms with Crippen molar-refractivity contribution in [1.29, 1.82) is 0 Å². The Labute approximate surface area is 817 Å². The number of rotatable bonds is 9. The van der Waals surface area contributed by atoms with Gasteiger partial charge in [0.1, 0.15) is 15.0 Å². The first kappa shape index (κ1) is 82.0. The number of benzene rings is 24. The zero-order valence-corrected chi connectivity index (χ0v) is 79.3. The van der Waals surface area contributed by atoms with Gasteiger partial charge < -0.3 is 0 Å². The molecule has 0 radical (unpaired) electrons. The van der Waals surface area contributed by atoms with Gasteiger partial charge in [0.2, 0.25) is 0 Å². The summed E-state index contributed by atoms with van der Waals surface area (Å²) in [4.78, 5) is 15.1. The van der Waals surface area contributed by atoms with Crippen molar-refractivity contribution in [2.75, 3.05) is 0 Å². The topological polar surface area (TPSA) is 38.7 Å². The van der Waals surface area contributed by atoms with Crippen molar-refractivity contribution in [3.05, 3.63) is 477 Å². The van der Waals surface area contributed by atoms with Crippen LogP contribution in [0.1, 0.15) is 49.9 Å². The molecule has 29 rings (SSSR count). The van der Waals surface area contributed by atoms with Crippen LogP contribution in [-0.2, 0) is 10.8 Å². The van der Waals surface area contributed by atoms with E-state index in [-0.39, 0.29) is 10.8 Å². The molecular weight excluding hydrogens is 1740 g/mol. The van der Waals surface area contributed by atoms with E-state index in [0.29, 0.717) is 0 Å². The summed E-state index contributed by atoms with van der Waals surface area (Å²) in [7, 11) is 0. The smallest absolute Gasteiger partial charge is 0.124 e. The third-order valence-electron chi connectivity index (χ3n) is 29.6. The zero-order valence-electron chi connectivity index (χ0n) is 76.9. The summed E-state index contributed by atoms with van der Waals surface area (Å²) in [5.41, 5.74) is 32.5. The van der Waals surface area contributed by atoms with E-state index in [2.05, 4.69) is 483 Å². The van der Waals surface area contributed by atoms with E-state index in [0.717, 1.165) is 42.7 Å². The number of nitrogens with zero attached hydrogens (tertiary/aromatic N) is 3. The van der Waals surface area contributed by atoms with Crippen LogP contribution >= 0.6 is 34.0 Å². The van der Waals surface area contributed by atoms with Crippen LogP contribution in [0.3, 0.4) is 0 Å². The van der Waals surface area contributed by atoms with E-state index in [4.69, 9.17) is 15.0 Å². The maximum absolute atomic E-state index is 5.05. The molecule has 0 fully saturated rings. The number of hydrogen-bond acceptors (Lipinski definition) is 6.